The van der Waals surface area contributed by atoms with Gasteiger partial charge in [-0.1, -0.05) is 104 Å². The lowest BCUT2D eigenvalue weighted by Crippen LogP contribution is -2.40. The van der Waals surface area contributed by atoms with E-state index >= 15 is 4.39 Å². The van der Waals surface area contributed by atoms with Crippen LogP contribution >= 0.6 is 22.7 Å². The number of nitriles is 3. The maximum absolute atomic E-state index is 15.2. The van der Waals surface area contributed by atoms with E-state index in [9.17, 15) is 41.5 Å². The van der Waals surface area contributed by atoms with Crippen LogP contribution in [-0.4, -0.2) is 59.7 Å². The van der Waals surface area contributed by atoms with E-state index in [0.29, 0.717) is 21.7 Å². The zero-order valence-corrected chi connectivity index (χ0v) is 55.5. The third-order valence-corrected chi connectivity index (χ3v) is 28.6. The van der Waals surface area contributed by atoms with Gasteiger partial charge in [-0.15, -0.1) is 27.9 Å². The second-order valence-corrected chi connectivity index (χ2v) is 39.8. The Labute approximate surface area is 490 Å². The number of nitrogens with one attached hydrogen (secondary N) is 2. The van der Waals surface area contributed by atoms with Crippen molar-refractivity contribution in [2.24, 2.45) is 5.14 Å². The molecule has 0 saturated carbocycles. The van der Waals surface area contributed by atoms with Crippen molar-refractivity contribution in [2.45, 2.75) is 225 Å². The molecule has 4 rings (SSSR count). The quantitative estimate of drug-likeness (QED) is 0.0485. The first-order chi connectivity index (χ1) is 36.0. The van der Waals surface area contributed by atoms with Crippen molar-refractivity contribution in [1.29, 1.82) is 15.8 Å². The lowest BCUT2D eigenvalue weighted by molar-refractivity contribution is 0.0773. The standard InChI is InChI=1S/C27H41FN4O5S2Si.C14H15FN2O.C13H26N2O4S2Si.CH4/c1-15(2)18-12-17(13-29)21(28)20(16(3)4)22(18)31-25(33)32-39(35,36)23-19(30-24(38-23)27(8,9)34)14-37-40(10,11)26(5,6)7;1-8(2)11-5-10(6-16)13(15)12(9(3)4)14(11)18-7-17;1-12(2,3)22(6,7)19-8-9-10(21(14,17)18)20-11(15-9)13(4,5)16;/h12,15-16,34H,14H2,1-11H3,(H2,31,32,33);5,8-9H,1-4H3;16H,8H2,1-7H3,(H2,14,17,18);1H4. The maximum Gasteiger partial charge on any atom is 0.333 e. The van der Waals surface area contributed by atoms with Crippen molar-refractivity contribution in [1.82, 2.24) is 14.7 Å². The highest BCUT2D eigenvalue weighted by molar-refractivity contribution is 7.92. The number of urea groups is 1. The molecule has 0 saturated heterocycles. The van der Waals surface area contributed by atoms with Crippen LogP contribution in [0, 0.1) is 45.8 Å². The number of thiazole rings is 2. The number of halogens is 2. The van der Waals surface area contributed by atoms with Crippen LogP contribution in [0.4, 0.5) is 19.3 Å². The second-order valence-electron chi connectivity index (χ2n) is 24.5. The van der Waals surface area contributed by atoms with Gasteiger partial charge in [0.25, 0.3) is 16.3 Å². The minimum Gasteiger partial charge on any atom is -0.411 e. The van der Waals surface area contributed by atoms with Crippen LogP contribution < -0.4 is 19.9 Å². The summed E-state index contributed by atoms with van der Waals surface area (Å²) in [6.07, 6.45) is 1.59. The Morgan fingerprint density at radius 1 is 0.679 bits per heavy atom. The van der Waals surface area contributed by atoms with Gasteiger partial charge in [-0.3, -0.25) is 0 Å². The van der Waals surface area contributed by atoms with Crippen molar-refractivity contribution in [3.05, 3.63) is 78.6 Å². The van der Waals surface area contributed by atoms with Gasteiger partial charge in [-0.05, 0) is 105 Å². The van der Waals surface area contributed by atoms with Gasteiger partial charge in [0, 0.05) is 16.7 Å². The number of anilines is 1. The summed E-state index contributed by atoms with van der Waals surface area (Å²) in [6.45, 7) is 41.2. The molecule has 0 unspecified atom stereocenters. The van der Waals surface area contributed by atoms with Crippen LogP contribution in [0.5, 0.6) is 5.75 Å². The average molecular weight is 1240 g/mol. The van der Waals surface area contributed by atoms with E-state index in [0.717, 1.165) is 22.7 Å². The van der Waals surface area contributed by atoms with Crippen LogP contribution in [0.1, 0.15) is 211 Å². The van der Waals surface area contributed by atoms with E-state index in [1.807, 2.05) is 57.6 Å². The SMILES string of the molecule is C.CC(C)(O)c1nc(CO[Si](C)(C)C(C)(C)C)c(S(N)(=O)=O)s1.CC(C)c1cc(C#N)c(F)c(C(C)C)c1NC(=O)NS(=O)(=O)c1sc(C(C)(C)O)nc1CO[Si](C)(C)C(C)(C)C.CC(C)c1cc(C#N)c(F)c(C(C)C)c1OC#N. The van der Waals surface area contributed by atoms with Crippen molar-refractivity contribution < 1.29 is 54.2 Å². The minimum atomic E-state index is -4.47. The normalized spacial score (nSPS) is 12.6. The van der Waals surface area contributed by atoms with Crippen LogP contribution in [0.15, 0.2) is 20.6 Å². The van der Waals surface area contributed by atoms with E-state index in [4.69, 9.17) is 29.3 Å². The predicted octanol–water partition coefficient (Wildman–Crippen LogP) is 13.6. The summed E-state index contributed by atoms with van der Waals surface area (Å²) >= 11 is 1.64. The van der Waals surface area contributed by atoms with Gasteiger partial charge < -0.3 is 29.1 Å². The van der Waals surface area contributed by atoms with Gasteiger partial charge in [0.05, 0.1) is 41.4 Å². The number of amides is 2. The first-order valence-electron chi connectivity index (χ1n) is 25.7. The molecule has 0 fully saturated rings. The first-order valence-corrected chi connectivity index (χ1v) is 36.2. The van der Waals surface area contributed by atoms with E-state index in [1.54, 1.807) is 47.8 Å². The molecule has 26 heteroatoms. The average Bonchev–Trinajstić information content (AvgIpc) is 3.94. The molecule has 4 aromatic rings. The molecule has 0 aliphatic rings. The highest BCUT2D eigenvalue weighted by Crippen LogP contribution is 2.42. The summed E-state index contributed by atoms with van der Waals surface area (Å²) in [4.78, 5) is 21.7. The molecule has 0 aliphatic heterocycles. The zero-order chi connectivity index (χ0) is 62.4. The number of benzene rings is 2. The highest BCUT2D eigenvalue weighted by atomic mass is 32.3. The van der Waals surface area contributed by atoms with Gasteiger partial charge in [0.15, 0.2) is 30.8 Å². The number of aromatic nitrogens is 2. The molecule has 81 heavy (non-hydrogen) atoms. The molecule has 2 aromatic heterocycles. The monoisotopic (exact) mass is 1240 g/mol. The van der Waals surface area contributed by atoms with E-state index in [-0.39, 0.29) is 101 Å². The van der Waals surface area contributed by atoms with Gasteiger partial charge in [-0.25, -0.2) is 50.2 Å². The van der Waals surface area contributed by atoms with Gasteiger partial charge >= 0.3 is 6.03 Å². The summed E-state index contributed by atoms with van der Waals surface area (Å²) in [7, 11) is -12.7. The Morgan fingerprint density at radius 3 is 1.38 bits per heavy atom. The fourth-order valence-electron chi connectivity index (χ4n) is 6.84. The molecule has 18 nitrogen and oxygen atoms in total. The first kappa shape index (κ1) is 74.2. The van der Waals surface area contributed by atoms with E-state index < -0.39 is 71.5 Å². The number of carbonyl (C=O) groups excluding carboxylic acids is 1. The van der Waals surface area contributed by atoms with Crippen molar-refractivity contribution in [3.8, 4) is 24.1 Å². The minimum absolute atomic E-state index is 0. The molecule has 0 radical (unpaired) electrons. The van der Waals surface area contributed by atoms with Gasteiger partial charge in [-0.2, -0.15) is 10.5 Å². The number of nitrogens with two attached hydrogens (primary N) is 1. The fourth-order valence-corrected chi connectivity index (χ4v) is 13.0. The molecular formula is C55H86F2N8O10S4Si2. The Balaban J connectivity index is 0.000000672. The predicted molar refractivity (Wildman–Crippen MR) is 321 cm³/mol. The summed E-state index contributed by atoms with van der Waals surface area (Å²) in [5, 5.41) is 55.7. The van der Waals surface area contributed by atoms with Crippen LogP contribution in [0.25, 0.3) is 0 Å². The lowest BCUT2D eigenvalue weighted by atomic mass is 9.90. The van der Waals surface area contributed by atoms with E-state index in [1.165, 1.54) is 26.0 Å². The highest BCUT2D eigenvalue weighted by Gasteiger charge is 2.40. The maximum atomic E-state index is 15.2. The lowest BCUT2D eigenvalue weighted by Gasteiger charge is -2.36. The van der Waals surface area contributed by atoms with E-state index in [2.05, 4.69) is 69.9 Å². The number of aliphatic hydroxyl groups is 2. The molecule has 6 N–H and O–H groups in total. The van der Waals surface area contributed by atoms with Crippen molar-refractivity contribution in [3.63, 3.8) is 0 Å². The number of carbonyl (C=O) groups is 1. The summed E-state index contributed by atoms with van der Waals surface area (Å²) in [5.41, 5.74) is -0.745. The molecule has 0 aliphatic carbocycles. The molecule has 0 bridgehead atoms. The van der Waals surface area contributed by atoms with Crippen molar-refractivity contribution in [2.75, 3.05) is 5.32 Å². The van der Waals surface area contributed by atoms with Crippen molar-refractivity contribution >= 4 is 71.1 Å². The van der Waals surface area contributed by atoms with Crippen LogP contribution in [0.3, 0.4) is 0 Å². The second kappa shape index (κ2) is 27.7. The number of ether oxygens (including phenoxy) is 1. The molecule has 452 valence electrons. The number of rotatable bonds is 17. The smallest absolute Gasteiger partial charge is 0.333 e. The third-order valence-electron chi connectivity index (χ3n) is 13.5. The third kappa shape index (κ3) is 19.1. The van der Waals surface area contributed by atoms with Gasteiger partial charge in [0.2, 0.25) is 10.0 Å². The molecule has 2 aromatic carbocycles. The van der Waals surface area contributed by atoms with Crippen LogP contribution in [-0.2, 0) is 53.3 Å². The molecule has 0 spiro atoms. The fraction of sp³-hybridized carbons (Fsp3) is 0.600. The Bertz CT molecular complexity index is 3240. The topological polar surface area (TPSA) is 301 Å². The number of sulfonamides is 2. The number of primary sulfonamides is 1. The summed E-state index contributed by atoms with van der Waals surface area (Å²) in [6, 6.07) is 5.41. The molecule has 2 amide bonds. The Morgan fingerprint density at radius 2 is 1.05 bits per heavy atom. The molecular weight excluding hydrogens is 1160 g/mol. The number of hydrogen-bond acceptors (Lipinski definition) is 17. The zero-order valence-electron chi connectivity index (χ0n) is 50.2. The van der Waals surface area contributed by atoms with Crippen LogP contribution in [0.2, 0.25) is 36.3 Å². The van der Waals surface area contributed by atoms with Gasteiger partial charge in [0.1, 0.15) is 45.0 Å². The summed E-state index contributed by atoms with van der Waals surface area (Å²) < 4.78 is 98.6. The molecule has 0 atom stereocenters. The number of hydrogen-bond donors (Lipinski definition) is 5. The molecule has 2 heterocycles. The summed E-state index contributed by atoms with van der Waals surface area (Å²) in [5.74, 6) is -1.85. The largest absolute Gasteiger partial charge is 0.411 e. The Kier molecular flexibility index (Phi) is 25.4. The number of nitrogens with zero attached hydrogens (tertiary/aromatic N) is 5. The Hall–Kier alpha value is -4.77.